The highest BCUT2D eigenvalue weighted by Gasteiger charge is 2.34. The third-order valence-electron chi connectivity index (χ3n) is 3.73. The molecule has 1 amide bonds. The Labute approximate surface area is 153 Å². The number of aromatic nitrogens is 1. The lowest BCUT2D eigenvalue weighted by molar-refractivity contribution is -0.139. The first-order chi connectivity index (χ1) is 12.7. The van der Waals surface area contributed by atoms with Crippen molar-refractivity contribution in [3.63, 3.8) is 0 Å². The Morgan fingerprint density at radius 3 is 2.67 bits per heavy atom. The van der Waals surface area contributed by atoms with Gasteiger partial charge in [0.2, 0.25) is 0 Å². The predicted octanol–water partition coefficient (Wildman–Crippen LogP) is 4.99. The quantitative estimate of drug-likeness (QED) is 0.680. The minimum atomic E-state index is -4.56. The predicted molar refractivity (Wildman–Crippen MR) is 93.7 cm³/mol. The van der Waals surface area contributed by atoms with E-state index in [4.69, 9.17) is 9.15 Å². The molecule has 0 saturated heterocycles. The van der Waals surface area contributed by atoms with Crippen LogP contribution in [0.3, 0.4) is 0 Å². The van der Waals surface area contributed by atoms with Crippen molar-refractivity contribution in [2.24, 2.45) is 0 Å². The molecule has 142 valence electrons. The van der Waals surface area contributed by atoms with Crippen molar-refractivity contribution in [3.8, 4) is 5.75 Å². The maximum atomic E-state index is 12.9. The average molecular weight is 378 g/mol. The smallest absolute Gasteiger partial charge is 0.419 e. The van der Waals surface area contributed by atoms with Gasteiger partial charge in [0.25, 0.3) is 5.91 Å². The van der Waals surface area contributed by atoms with Crippen LogP contribution in [0.15, 0.2) is 46.9 Å². The van der Waals surface area contributed by atoms with Gasteiger partial charge in [-0.15, -0.1) is 0 Å². The van der Waals surface area contributed by atoms with E-state index in [1.54, 1.807) is 18.2 Å². The number of oxazole rings is 1. The zero-order chi connectivity index (χ0) is 19.6. The summed E-state index contributed by atoms with van der Waals surface area (Å²) in [6.07, 6.45) is -4.56. The summed E-state index contributed by atoms with van der Waals surface area (Å²) >= 11 is 0. The molecule has 0 saturated carbocycles. The van der Waals surface area contributed by atoms with Crippen LogP contribution < -0.4 is 10.1 Å². The standard InChI is InChI=1S/C19H17F3N2O3/c1-11(2)18-24-14-9-12(7-8-16(14)27-18)23-17(25)10-26-15-6-4-3-5-13(15)19(20,21)22/h3-9,11H,10H2,1-2H3,(H,23,25). The second-order valence-electron chi connectivity index (χ2n) is 6.22. The first-order valence-electron chi connectivity index (χ1n) is 8.23. The largest absolute Gasteiger partial charge is 0.483 e. The van der Waals surface area contributed by atoms with Crippen molar-refractivity contribution >= 4 is 22.7 Å². The van der Waals surface area contributed by atoms with Gasteiger partial charge in [-0.3, -0.25) is 4.79 Å². The Morgan fingerprint density at radius 2 is 1.96 bits per heavy atom. The molecule has 2 aromatic carbocycles. The van der Waals surface area contributed by atoms with E-state index < -0.39 is 30.0 Å². The molecular weight excluding hydrogens is 361 g/mol. The van der Waals surface area contributed by atoms with E-state index in [2.05, 4.69) is 10.3 Å². The van der Waals surface area contributed by atoms with Crippen LogP contribution in [0.25, 0.3) is 11.1 Å². The number of hydrogen-bond donors (Lipinski definition) is 1. The molecule has 0 aliphatic carbocycles. The summed E-state index contributed by atoms with van der Waals surface area (Å²) in [5, 5.41) is 2.57. The fraction of sp³-hybridized carbons (Fsp3) is 0.263. The monoisotopic (exact) mass is 378 g/mol. The van der Waals surface area contributed by atoms with E-state index in [1.807, 2.05) is 13.8 Å². The zero-order valence-electron chi connectivity index (χ0n) is 14.6. The second kappa shape index (κ2) is 7.30. The summed E-state index contributed by atoms with van der Waals surface area (Å²) in [5.41, 5.74) is 0.693. The van der Waals surface area contributed by atoms with Crippen molar-refractivity contribution in [3.05, 3.63) is 53.9 Å². The van der Waals surface area contributed by atoms with Crippen LogP contribution in [0.2, 0.25) is 0 Å². The number of hydrogen-bond acceptors (Lipinski definition) is 4. The molecular formula is C19H17F3N2O3. The number of alkyl halides is 3. The molecule has 3 rings (SSSR count). The van der Waals surface area contributed by atoms with E-state index >= 15 is 0 Å². The van der Waals surface area contributed by atoms with Crippen molar-refractivity contribution in [2.75, 3.05) is 11.9 Å². The van der Waals surface area contributed by atoms with Gasteiger partial charge >= 0.3 is 6.18 Å². The maximum absolute atomic E-state index is 12.9. The second-order valence-corrected chi connectivity index (χ2v) is 6.22. The van der Waals surface area contributed by atoms with Crippen LogP contribution in [-0.2, 0) is 11.0 Å². The number of amides is 1. The van der Waals surface area contributed by atoms with Gasteiger partial charge < -0.3 is 14.5 Å². The SMILES string of the molecule is CC(C)c1nc2cc(NC(=O)COc3ccccc3C(F)(F)F)ccc2o1. The molecule has 0 aliphatic heterocycles. The lowest BCUT2D eigenvalue weighted by atomic mass is 10.2. The van der Waals surface area contributed by atoms with Gasteiger partial charge in [0.15, 0.2) is 18.1 Å². The van der Waals surface area contributed by atoms with Crippen LogP contribution in [0.1, 0.15) is 31.2 Å². The number of nitrogens with one attached hydrogen (secondary N) is 1. The number of anilines is 1. The molecule has 27 heavy (non-hydrogen) atoms. The van der Waals surface area contributed by atoms with Crippen molar-refractivity contribution < 1.29 is 27.1 Å². The molecule has 0 bridgehead atoms. The molecule has 0 radical (unpaired) electrons. The number of para-hydroxylation sites is 1. The van der Waals surface area contributed by atoms with E-state index in [0.717, 1.165) is 6.07 Å². The minimum Gasteiger partial charge on any atom is -0.483 e. The number of carbonyl (C=O) groups excluding carboxylic acids is 1. The first kappa shape index (κ1) is 18.8. The lowest BCUT2D eigenvalue weighted by Gasteiger charge is -2.13. The van der Waals surface area contributed by atoms with Gasteiger partial charge in [-0.05, 0) is 30.3 Å². The Hall–Kier alpha value is -3.03. The van der Waals surface area contributed by atoms with Crippen molar-refractivity contribution in [1.82, 2.24) is 4.98 Å². The van der Waals surface area contributed by atoms with Gasteiger partial charge in [-0.1, -0.05) is 26.0 Å². The summed E-state index contributed by atoms with van der Waals surface area (Å²) in [4.78, 5) is 16.4. The molecule has 8 heteroatoms. The highest BCUT2D eigenvalue weighted by molar-refractivity contribution is 5.93. The first-order valence-corrected chi connectivity index (χ1v) is 8.23. The van der Waals surface area contributed by atoms with Crippen LogP contribution in [-0.4, -0.2) is 17.5 Å². The van der Waals surface area contributed by atoms with Crippen LogP contribution in [0.5, 0.6) is 5.75 Å². The van der Waals surface area contributed by atoms with Gasteiger partial charge in [-0.2, -0.15) is 13.2 Å². The third kappa shape index (κ3) is 4.39. The topological polar surface area (TPSA) is 64.4 Å². The van der Waals surface area contributed by atoms with Gasteiger partial charge in [0.1, 0.15) is 11.3 Å². The Balaban J connectivity index is 1.67. The highest BCUT2D eigenvalue weighted by atomic mass is 19.4. The van der Waals surface area contributed by atoms with Crippen LogP contribution in [0, 0.1) is 0 Å². The summed E-state index contributed by atoms with van der Waals surface area (Å²) in [5.74, 6) is -0.273. The van der Waals surface area contributed by atoms with Crippen LogP contribution in [0.4, 0.5) is 18.9 Å². The van der Waals surface area contributed by atoms with E-state index in [-0.39, 0.29) is 5.92 Å². The number of fused-ring (bicyclic) bond motifs is 1. The number of halogens is 3. The fourth-order valence-corrected chi connectivity index (χ4v) is 2.44. The molecule has 1 heterocycles. The lowest BCUT2D eigenvalue weighted by Crippen LogP contribution is -2.21. The van der Waals surface area contributed by atoms with Gasteiger partial charge in [0, 0.05) is 11.6 Å². The highest BCUT2D eigenvalue weighted by Crippen LogP contribution is 2.35. The number of ether oxygens (including phenoxy) is 1. The van der Waals surface area contributed by atoms with E-state index in [9.17, 15) is 18.0 Å². The maximum Gasteiger partial charge on any atom is 0.419 e. The van der Waals surface area contributed by atoms with E-state index in [0.29, 0.717) is 22.7 Å². The summed E-state index contributed by atoms with van der Waals surface area (Å²) < 4.78 is 49.4. The molecule has 0 spiro atoms. The summed E-state index contributed by atoms with van der Waals surface area (Å²) in [7, 11) is 0. The van der Waals surface area contributed by atoms with E-state index in [1.165, 1.54) is 18.2 Å². The number of benzene rings is 2. The molecule has 1 N–H and O–H groups in total. The summed E-state index contributed by atoms with van der Waals surface area (Å²) in [6, 6.07) is 9.67. The number of rotatable bonds is 5. The van der Waals surface area contributed by atoms with Gasteiger partial charge in [-0.25, -0.2) is 4.98 Å². The van der Waals surface area contributed by atoms with Crippen molar-refractivity contribution in [2.45, 2.75) is 25.9 Å². The normalized spacial score (nSPS) is 11.8. The molecule has 0 fully saturated rings. The van der Waals surface area contributed by atoms with Gasteiger partial charge in [0.05, 0.1) is 5.56 Å². The molecule has 1 aromatic heterocycles. The van der Waals surface area contributed by atoms with Crippen LogP contribution >= 0.6 is 0 Å². The minimum absolute atomic E-state index is 0.123. The molecule has 0 atom stereocenters. The third-order valence-corrected chi connectivity index (χ3v) is 3.73. The average Bonchev–Trinajstić information content (AvgIpc) is 3.03. The molecule has 0 unspecified atom stereocenters. The Kier molecular flexibility index (Phi) is 5.07. The Bertz CT molecular complexity index is 964. The fourth-order valence-electron chi connectivity index (χ4n) is 2.44. The number of nitrogens with zero attached hydrogens (tertiary/aromatic N) is 1. The zero-order valence-corrected chi connectivity index (χ0v) is 14.6. The van der Waals surface area contributed by atoms with Crippen molar-refractivity contribution in [1.29, 1.82) is 0 Å². The molecule has 0 aliphatic rings. The molecule has 5 nitrogen and oxygen atoms in total. The Morgan fingerprint density at radius 1 is 1.22 bits per heavy atom. The number of carbonyl (C=O) groups is 1. The molecule has 3 aromatic rings. The summed E-state index contributed by atoms with van der Waals surface area (Å²) in [6.45, 7) is 3.34.